The molecule has 1 heteroatoms. The molecule has 1 fully saturated rings. The van der Waals surface area contributed by atoms with Crippen LogP contribution in [0.5, 0.6) is 0 Å². The first-order valence-electron chi connectivity index (χ1n) is 2.65. The lowest BCUT2D eigenvalue weighted by Gasteiger charge is -2.00. The van der Waals surface area contributed by atoms with E-state index in [0.29, 0.717) is 0 Å². The maximum atomic E-state index is 12.6. The van der Waals surface area contributed by atoms with Crippen LogP contribution in [-0.2, 0) is 0 Å². The zero-order chi connectivity index (χ0) is 5.71. The molecule has 0 N–H and O–H groups in total. The Hall–Kier alpha value is -0.0700. The lowest BCUT2D eigenvalue weighted by atomic mass is 10.1. The van der Waals surface area contributed by atoms with E-state index in [4.69, 9.17) is 0 Å². The Morgan fingerprint density at radius 2 is 1.38 bits per heavy atom. The average molecular weight is 118 g/mol. The fourth-order valence-corrected chi connectivity index (χ4v) is 0.786. The molecule has 1 aliphatic rings. The maximum absolute atomic E-state index is 12.6. The number of hydrogen-bond acceptors (Lipinski definition) is 0. The molecule has 1 unspecified atom stereocenters. The normalized spacial score (nSPS) is 40.5. The van der Waals surface area contributed by atoms with Crippen LogP contribution in [0.2, 0.25) is 0 Å². The van der Waals surface area contributed by atoms with Gasteiger partial charge in [0.1, 0.15) is 5.67 Å². The molecule has 0 heterocycles. The summed E-state index contributed by atoms with van der Waals surface area (Å²) in [7, 11) is 0. The van der Waals surface area contributed by atoms with Crippen molar-refractivity contribution in [3.8, 4) is 0 Å². The molecule has 0 radical (unpaired) electrons. The predicted molar refractivity (Wildman–Crippen MR) is 34.6 cm³/mol. The minimum atomic E-state index is -0.854. The summed E-state index contributed by atoms with van der Waals surface area (Å²) in [4.78, 5) is 0. The van der Waals surface area contributed by atoms with Crippen molar-refractivity contribution in [2.75, 3.05) is 0 Å². The SMILES string of the molecule is C.CC1(C)CC1(C)F. The summed E-state index contributed by atoms with van der Waals surface area (Å²) in [6.07, 6.45) is 0.736. The summed E-state index contributed by atoms with van der Waals surface area (Å²) >= 11 is 0. The highest BCUT2D eigenvalue weighted by atomic mass is 19.1. The van der Waals surface area contributed by atoms with Gasteiger partial charge in [0.2, 0.25) is 0 Å². The second-order valence-corrected chi connectivity index (χ2v) is 3.26. The van der Waals surface area contributed by atoms with E-state index < -0.39 is 5.67 Å². The molecular formula is C7H15F. The molecule has 0 nitrogen and oxygen atoms in total. The largest absolute Gasteiger partial charge is 0.244 e. The van der Waals surface area contributed by atoms with E-state index in [1.807, 2.05) is 13.8 Å². The monoisotopic (exact) mass is 118 g/mol. The van der Waals surface area contributed by atoms with E-state index in [2.05, 4.69) is 0 Å². The second-order valence-electron chi connectivity index (χ2n) is 3.26. The molecule has 1 saturated carbocycles. The van der Waals surface area contributed by atoms with Crippen LogP contribution in [0.3, 0.4) is 0 Å². The second kappa shape index (κ2) is 1.46. The molecule has 0 bridgehead atoms. The van der Waals surface area contributed by atoms with Crippen LogP contribution in [0.15, 0.2) is 0 Å². The van der Waals surface area contributed by atoms with E-state index in [1.165, 1.54) is 0 Å². The molecular weight excluding hydrogens is 103 g/mol. The van der Waals surface area contributed by atoms with Gasteiger partial charge in [-0.05, 0) is 13.3 Å². The Morgan fingerprint density at radius 1 is 1.25 bits per heavy atom. The van der Waals surface area contributed by atoms with Crippen molar-refractivity contribution < 1.29 is 4.39 Å². The van der Waals surface area contributed by atoms with Gasteiger partial charge in [0.15, 0.2) is 0 Å². The first-order valence-corrected chi connectivity index (χ1v) is 2.65. The number of rotatable bonds is 0. The summed E-state index contributed by atoms with van der Waals surface area (Å²) in [6, 6.07) is 0. The van der Waals surface area contributed by atoms with Crippen molar-refractivity contribution >= 4 is 0 Å². The van der Waals surface area contributed by atoms with Gasteiger partial charge in [-0.1, -0.05) is 21.3 Å². The molecule has 0 spiro atoms. The molecule has 1 atom stereocenters. The highest BCUT2D eigenvalue weighted by Gasteiger charge is 2.58. The van der Waals surface area contributed by atoms with Crippen LogP contribution in [0.4, 0.5) is 4.39 Å². The standard InChI is InChI=1S/C6H11F.CH4/c1-5(2)4-6(5,3)7;/h4H2,1-3H3;1H4. The van der Waals surface area contributed by atoms with Crippen LogP contribution < -0.4 is 0 Å². The number of halogens is 1. The molecule has 0 amide bonds. The van der Waals surface area contributed by atoms with Crippen molar-refractivity contribution in [2.45, 2.75) is 40.3 Å². The fraction of sp³-hybridized carbons (Fsp3) is 1.00. The van der Waals surface area contributed by atoms with Crippen molar-refractivity contribution in [1.29, 1.82) is 0 Å². The van der Waals surface area contributed by atoms with E-state index in [1.54, 1.807) is 6.92 Å². The Bertz CT molecular complexity index is 80.6. The van der Waals surface area contributed by atoms with Crippen LogP contribution in [0.1, 0.15) is 34.6 Å². The van der Waals surface area contributed by atoms with E-state index in [9.17, 15) is 4.39 Å². The average Bonchev–Trinajstić information content (AvgIpc) is 1.63. The third kappa shape index (κ3) is 0.862. The van der Waals surface area contributed by atoms with Gasteiger partial charge in [0.05, 0.1) is 0 Å². The van der Waals surface area contributed by atoms with Gasteiger partial charge in [-0.15, -0.1) is 0 Å². The van der Waals surface area contributed by atoms with Gasteiger partial charge in [-0.25, -0.2) is 4.39 Å². The molecule has 0 aromatic heterocycles. The van der Waals surface area contributed by atoms with Gasteiger partial charge in [-0.3, -0.25) is 0 Å². The molecule has 0 aliphatic heterocycles. The Labute approximate surface area is 51.1 Å². The minimum absolute atomic E-state index is 0. The zero-order valence-corrected chi connectivity index (χ0v) is 5.09. The minimum Gasteiger partial charge on any atom is -0.244 e. The van der Waals surface area contributed by atoms with Gasteiger partial charge in [0.25, 0.3) is 0 Å². The van der Waals surface area contributed by atoms with Gasteiger partial charge in [0, 0.05) is 5.41 Å². The predicted octanol–water partition coefficient (Wildman–Crippen LogP) is 2.78. The summed E-state index contributed by atoms with van der Waals surface area (Å²) in [5.41, 5.74) is -0.875. The van der Waals surface area contributed by atoms with Crippen LogP contribution in [0, 0.1) is 5.41 Å². The molecule has 0 saturated heterocycles. The molecule has 50 valence electrons. The molecule has 0 aromatic carbocycles. The van der Waals surface area contributed by atoms with E-state index >= 15 is 0 Å². The highest BCUT2D eigenvalue weighted by molar-refractivity contribution is 5.07. The molecule has 1 rings (SSSR count). The third-order valence-electron chi connectivity index (χ3n) is 2.06. The fourth-order valence-electron chi connectivity index (χ4n) is 0.786. The highest BCUT2D eigenvalue weighted by Crippen LogP contribution is 2.58. The lowest BCUT2D eigenvalue weighted by molar-refractivity contribution is 0.271. The van der Waals surface area contributed by atoms with E-state index in [-0.39, 0.29) is 12.8 Å². The smallest absolute Gasteiger partial charge is 0.114 e. The third-order valence-corrected chi connectivity index (χ3v) is 2.06. The Morgan fingerprint density at radius 3 is 1.38 bits per heavy atom. The van der Waals surface area contributed by atoms with Crippen molar-refractivity contribution in [1.82, 2.24) is 0 Å². The summed E-state index contributed by atoms with van der Waals surface area (Å²) in [5, 5.41) is 0. The van der Waals surface area contributed by atoms with Crippen molar-refractivity contribution in [3.05, 3.63) is 0 Å². The van der Waals surface area contributed by atoms with Crippen molar-refractivity contribution in [2.24, 2.45) is 5.41 Å². The number of hydrogen-bond donors (Lipinski definition) is 0. The summed E-state index contributed by atoms with van der Waals surface area (Å²) in [5.74, 6) is 0. The quantitative estimate of drug-likeness (QED) is 0.459. The first-order chi connectivity index (χ1) is 2.96. The Balaban J connectivity index is 0.000000490. The molecule has 0 aromatic rings. The van der Waals surface area contributed by atoms with E-state index in [0.717, 1.165) is 6.42 Å². The maximum Gasteiger partial charge on any atom is 0.114 e. The Kier molecular flexibility index (Phi) is 1.44. The first kappa shape index (κ1) is 7.93. The van der Waals surface area contributed by atoms with Gasteiger partial charge >= 0.3 is 0 Å². The number of alkyl halides is 1. The van der Waals surface area contributed by atoms with Gasteiger partial charge in [-0.2, -0.15) is 0 Å². The molecule has 1 aliphatic carbocycles. The summed E-state index contributed by atoms with van der Waals surface area (Å²) < 4.78 is 12.6. The van der Waals surface area contributed by atoms with Crippen molar-refractivity contribution in [3.63, 3.8) is 0 Å². The van der Waals surface area contributed by atoms with Crippen LogP contribution >= 0.6 is 0 Å². The summed E-state index contributed by atoms with van der Waals surface area (Å²) in [6.45, 7) is 5.56. The lowest BCUT2D eigenvalue weighted by Crippen LogP contribution is -2.01. The van der Waals surface area contributed by atoms with Gasteiger partial charge < -0.3 is 0 Å². The van der Waals surface area contributed by atoms with Crippen LogP contribution in [-0.4, -0.2) is 5.67 Å². The van der Waals surface area contributed by atoms with Crippen LogP contribution in [0.25, 0.3) is 0 Å². The topological polar surface area (TPSA) is 0 Å². The molecule has 8 heavy (non-hydrogen) atoms. The zero-order valence-electron chi connectivity index (χ0n) is 5.09.